The monoisotopic (exact) mass is 392 g/mol. The molecule has 0 saturated carbocycles. The summed E-state index contributed by atoms with van der Waals surface area (Å²) in [4.78, 5) is 4.57. The molecule has 0 amide bonds. The molecule has 5 nitrogen and oxygen atoms in total. The molecule has 1 aromatic heterocycles. The SMILES string of the molecule is Cc1cc(CO)nc2cc3c(cc12)OC(C)(C)C(O)C3NCCc1ccccc1. The van der Waals surface area contributed by atoms with Gasteiger partial charge in [-0.3, -0.25) is 4.98 Å². The summed E-state index contributed by atoms with van der Waals surface area (Å²) in [6, 6.07) is 15.9. The van der Waals surface area contributed by atoms with Crippen LogP contribution in [0.1, 0.15) is 42.3 Å². The van der Waals surface area contributed by atoms with Crippen molar-refractivity contribution in [3.63, 3.8) is 0 Å². The van der Waals surface area contributed by atoms with Gasteiger partial charge >= 0.3 is 0 Å². The van der Waals surface area contributed by atoms with Crippen LogP contribution in [0.4, 0.5) is 0 Å². The fourth-order valence-electron chi connectivity index (χ4n) is 4.07. The molecule has 0 spiro atoms. The van der Waals surface area contributed by atoms with Crippen molar-refractivity contribution in [1.29, 1.82) is 0 Å². The van der Waals surface area contributed by atoms with Gasteiger partial charge in [-0.25, -0.2) is 0 Å². The van der Waals surface area contributed by atoms with E-state index in [1.807, 2.05) is 57.2 Å². The van der Waals surface area contributed by atoms with E-state index in [0.29, 0.717) is 5.69 Å². The maximum absolute atomic E-state index is 11.0. The van der Waals surface area contributed by atoms with Crippen molar-refractivity contribution in [3.05, 3.63) is 70.9 Å². The number of fused-ring (bicyclic) bond motifs is 2. The van der Waals surface area contributed by atoms with Crippen LogP contribution < -0.4 is 10.1 Å². The fraction of sp³-hybridized carbons (Fsp3) is 0.375. The molecule has 152 valence electrons. The minimum Gasteiger partial charge on any atom is -0.485 e. The number of benzene rings is 2. The summed E-state index contributed by atoms with van der Waals surface area (Å²) in [5.74, 6) is 0.770. The number of hydrogen-bond acceptors (Lipinski definition) is 5. The zero-order valence-electron chi connectivity index (χ0n) is 17.1. The first-order valence-corrected chi connectivity index (χ1v) is 10.1. The Labute approximate surface area is 171 Å². The second kappa shape index (κ2) is 7.75. The molecule has 29 heavy (non-hydrogen) atoms. The highest BCUT2D eigenvalue weighted by Gasteiger charge is 2.42. The average Bonchev–Trinajstić information content (AvgIpc) is 2.70. The summed E-state index contributed by atoms with van der Waals surface area (Å²) in [6.45, 7) is 6.47. The Morgan fingerprint density at radius 3 is 2.62 bits per heavy atom. The lowest BCUT2D eigenvalue weighted by Gasteiger charge is -2.42. The molecule has 2 atom stereocenters. The van der Waals surface area contributed by atoms with Crippen LogP contribution in [0.25, 0.3) is 10.9 Å². The van der Waals surface area contributed by atoms with Crippen molar-refractivity contribution < 1.29 is 14.9 Å². The van der Waals surface area contributed by atoms with E-state index in [1.54, 1.807) is 0 Å². The zero-order valence-corrected chi connectivity index (χ0v) is 17.1. The van der Waals surface area contributed by atoms with Crippen LogP contribution in [0, 0.1) is 6.92 Å². The highest BCUT2D eigenvalue weighted by atomic mass is 16.5. The summed E-state index contributed by atoms with van der Waals surface area (Å²) in [7, 11) is 0. The number of aryl methyl sites for hydroxylation is 1. The first kappa shape index (κ1) is 19.8. The second-order valence-corrected chi connectivity index (χ2v) is 8.31. The number of aliphatic hydroxyl groups is 2. The molecule has 2 unspecified atom stereocenters. The van der Waals surface area contributed by atoms with Crippen LogP contribution in [0.5, 0.6) is 5.75 Å². The molecule has 2 aromatic carbocycles. The van der Waals surface area contributed by atoms with Gasteiger partial charge in [-0.2, -0.15) is 0 Å². The Morgan fingerprint density at radius 1 is 1.14 bits per heavy atom. The largest absolute Gasteiger partial charge is 0.485 e. The van der Waals surface area contributed by atoms with Crippen molar-refractivity contribution >= 4 is 10.9 Å². The maximum Gasteiger partial charge on any atom is 0.131 e. The van der Waals surface area contributed by atoms with E-state index in [1.165, 1.54) is 5.56 Å². The summed E-state index contributed by atoms with van der Waals surface area (Å²) in [5, 5.41) is 25.1. The number of ether oxygens (including phenoxy) is 1. The van der Waals surface area contributed by atoms with Gasteiger partial charge in [0, 0.05) is 10.9 Å². The number of aromatic nitrogens is 1. The number of aliphatic hydroxyl groups excluding tert-OH is 2. The van der Waals surface area contributed by atoms with Gasteiger partial charge in [-0.1, -0.05) is 30.3 Å². The van der Waals surface area contributed by atoms with E-state index in [2.05, 4.69) is 22.4 Å². The maximum atomic E-state index is 11.0. The van der Waals surface area contributed by atoms with Gasteiger partial charge in [-0.15, -0.1) is 0 Å². The van der Waals surface area contributed by atoms with Crippen LogP contribution in [-0.2, 0) is 13.0 Å². The third-order valence-electron chi connectivity index (χ3n) is 5.72. The lowest BCUT2D eigenvalue weighted by Crippen LogP contribution is -2.52. The summed E-state index contributed by atoms with van der Waals surface area (Å²) >= 11 is 0. The minimum absolute atomic E-state index is 0.0984. The molecule has 0 aliphatic carbocycles. The third-order valence-corrected chi connectivity index (χ3v) is 5.72. The van der Waals surface area contributed by atoms with Gasteiger partial charge in [0.2, 0.25) is 0 Å². The van der Waals surface area contributed by atoms with Crippen LogP contribution in [0.2, 0.25) is 0 Å². The molecule has 3 N–H and O–H groups in total. The van der Waals surface area contributed by atoms with E-state index < -0.39 is 11.7 Å². The Morgan fingerprint density at radius 2 is 1.90 bits per heavy atom. The molecule has 0 fully saturated rings. The molecule has 1 aliphatic rings. The number of nitrogens with zero attached hydrogens (tertiary/aromatic N) is 1. The summed E-state index contributed by atoms with van der Waals surface area (Å²) < 4.78 is 6.18. The number of nitrogens with one attached hydrogen (secondary N) is 1. The predicted molar refractivity (Wildman–Crippen MR) is 114 cm³/mol. The van der Waals surface area contributed by atoms with Gasteiger partial charge in [0.15, 0.2) is 0 Å². The van der Waals surface area contributed by atoms with E-state index in [4.69, 9.17) is 4.74 Å². The Kier molecular flexibility index (Phi) is 5.30. The van der Waals surface area contributed by atoms with Crippen LogP contribution >= 0.6 is 0 Å². The first-order valence-electron chi connectivity index (χ1n) is 10.1. The quantitative estimate of drug-likeness (QED) is 0.620. The summed E-state index contributed by atoms with van der Waals surface area (Å²) in [5.41, 5.74) is 3.93. The molecule has 4 rings (SSSR count). The van der Waals surface area contributed by atoms with Gasteiger partial charge < -0.3 is 20.3 Å². The third kappa shape index (κ3) is 3.86. The van der Waals surface area contributed by atoms with Gasteiger partial charge in [0.05, 0.1) is 23.9 Å². The lowest BCUT2D eigenvalue weighted by molar-refractivity contribution is -0.0642. The van der Waals surface area contributed by atoms with Crippen molar-refractivity contribution in [3.8, 4) is 5.75 Å². The first-order chi connectivity index (χ1) is 13.9. The smallest absolute Gasteiger partial charge is 0.131 e. The topological polar surface area (TPSA) is 74.6 Å². The number of rotatable bonds is 5. The van der Waals surface area contributed by atoms with E-state index in [9.17, 15) is 10.2 Å². The van der Waals surface area contributed by atoms with Crippen molar-refractivity contribution in [2.45, 2.75) is 51.5 Å². The van der Waals surface area contributed by atoms with E-state index in [-0.39, 0.29) is 12.6 Å². The van der Waals surface area contributed by atoms with E-state index >= 15 is 0 Å². The normalized spacial score (nSPS) is 20.3. The Bertz CT molecular complexity index is 1020. The molecule has 0 radical (unpaired) electrons. The molecule has 1 aliphatic heterocycles. The Hall–Kier alpha value is -2.47. The van der Waals surface area contributed by atoms with Gasteiger partial charge in [0.1, 0.15) is 17.5 Å². The number of hydrogen-bond donors (Lipinski definition) is 3. The number of pyridine rings is 1. The molecule has 3 aromatic rings. The second-order valence-electron chi connectivity index (χ2n) is 8.31. The average molecular weight is 392 g/mol. The molecular formula is C24H28N2O3. The van der Waals surface area contributed by atoms with Crippen LogP contribution in [0.15, 0.2) is 48.5 Å². The van der Waals surface area contributed by atoms with Crippen molar-refractivity contribution in [1.82, 2.24) is 10.3 Å². The predicted octanol–water partition coefficient (Wildman–Crippen LogP) is 3.44. The van der Waals surface area contributed by atoms with Crippen molar-refractivity contribution in [2.24, 2.45) is 0 Å². The lowest BCUT2D eigenvalue weighted by atomic mass is 9.85. The molecule has 5 heteroatoms. The molecule has 0 bridgehead atoms. The standard InChI is InChI=1S/C24H28N2O3/c1-15-11-17(14-27)26-20-12-19-21(13-18(15)20)29-24(2,3)23(28)22(19)25-10-9-16-7-5-4-6-8-16/h4-8,11-13,22-23,25,27-28H,9-10,14H2,1-3H3. The zero-order chi connectivity index (χ0) is 20.6. The molecule has 2 heterocycles. The van der Waals surface area contributed by atoms with Crippen LogP contribution in [-0.4, -0.2) is 33.4 Å². The molecular weight excluding hydrogens is 364 g/mol. The summed E-state index contributed by atoms with van der Waals surface area (Å²) in [6.07, 6.45) is 0.172. The highest BCUT2D eigenvalue weighted by molar-refractivity contribution is 5.85. The fourth-order valence-corrected chi connectivity index (χ4v) is 4.07. The molecule has 0 saturated heterocycles. The Balaban J connectivity index is 1.69. The van der Waals surface area contributed by atoms with E-state index in [0.717, 1.165) is 40.7 Å². The van der Waals surface area contributed by atoms with Crippen molar-refractivity contribution in [2.75, 3.05) is 6.54 Å². The van der Waals surface area contributed by atoms with Gasteiger partial charge in [-0.05, 0) is 63.1 Å². The van der Waals surface area contributed by atoms with Gasteiger partial charge in [0.25, 0.3) is 0 Å². The van der Waals surface area contributed by atoms with Crippen LogP contribution in [0.3, 0.4) is 0 Å². The minimum atomic E-state index is -0.711. The highest BCUT2D eigenvalue weighted by Crippen LogP contribution is 2.42.